The van der Waals surface area contributed by atoms with Crippen LogP contribution in [-0.2, 0) is 19.1 Å². The number of carbonyl (C=O) groups excluding carboxylic acids is 2. The Labute approximate surface area is 87.8 Å². The number of hydrogen-bond acceptors (Lipinski definition) is 6. The van der Waals surface area contributed by atoms with Gasteiger partial charge in [0.05, 0.1) is 13.2 Å². The van der Waals surface area contributed by atoms with Crippen molar-refractivity contribution < 1.29 is 29.3 Å². The zero-order valence-corrected chi connectivity index (χ0v) is 9.02. The van der Waals surface area contributed by atoms with Gasteiger partial charge in [0.2, 0.25) is 0 Å². The zero-order valence-electron chi connectivity index (χ0n) is 9.02. The number of carbonyl (C=O) groups is 2. The summed E-state index contributed by atoms with van der Waals surface area (Å²) < 4.78 is 8.96. The van der Waals surface area contributed by atoms with E-state index in [1.165, 1.54) is 0 Å². The molecule has 0 unspecified atom stereocenters. The summed E-state index contributed by atoms with van der Waals surface area (Å²) in [5.41, 5.74) is -2.29. The first-order valence-electron chi connectivity index (χ1n) is 4.62. The van der Waals surface area contributed by atoms with E-state index in [-0.39, 0.29) is 13.2 Å². The molecule has 6 heteroatoms. The Morgan fingerprint density at radius 1 is 1.27 bits per heavy atom. The fourth-order valence-electron chi connectivity index (χ4n) is 0.840. The number of aliphatic hydroxyl groups is 2. The van der Waals surface area contributed by atoms with E-state index in [1.807, 2.05) is 0 Å². The monoisotopic (exact) mass is 220 g/mol. The number of aliphatic hydroxyl groups excluding tert-OH is 1. The maximum absolute atomic E-state index is 11.2. The second-order valence-electron chi connectivity index (χ2n) is 3.02. The van der Waals surface area contributed by atoms with Crippen molar-refractivity contribution in [1.82, 2.24) is 0 Å². The minimum atomic E-state index is -2.29. The third-order valence-electron chi connectivity index (χ3n) is 1.73. The highest BCUT2D eigenvalue weighted by molar-refractivity contribution is 5.88. The first-order chi connectivity index (χ1) is 6.87. The fraction of sp³-hybridized carbons (Fsp3) is 0.778. The number of hydrogen-bond donors (Lipinski definition) is 2. The van der Waals surface area contributed by atoms with Crippen molar-refractivity contribution in [2.45, 2.75) is 32.5 Å². The minimum absolute atomic E-state index is 0.0462. The lowest BCUT2D eigenvalue weighted by Gasteiger charge is -2.24. The molecule has 2 atom stereocenters. The van der Waals surface area contributed by atoms with Crippen LogP contribution < -0.4 is 0 Å². The molecule has 0 saturated heterocycles. The van der Waals surface area contributed by atoms with Gasteiger partial charge in [-0.1, -0.05) is 0 Å². The molecule has 0 rings (SSSR count). The van der Waals surface area contributed by atoms with Crippen LogP contribution in [0.2, 0.25) is 0 Å². The molecule has 0 heterocycles. The molecule has 0 aliphatic rings. The van der Waals surface area contributed by atoms with Crippen LogP contribution >= 0.6 is 0 Å². The van der Waals surface area contributed by atoms with Crippen LogP contribution in [0.15, 0.2) is 0 Å². The SMILES string of the molecule is CCOC(=O)[C@H](O)[C@@](C)(O)C(=O)OCC. The van der Waals surface area contributed by atoms with Crippen LogP contribution in [0.1, 0.15) is 20.8 Å². The average molecular weight is 220 g/mol. The van der Waals surface area contributed by atoms with Crippen molar-refractivity contribution >= 4 is 11.9 Å². The van der Waals surface area contributed by atoms with Gasteiger partial charge in [-0.25, -0.2) is 9.59 Å². The Morgan fingerprint density at radius 3 is 2.13 bits per heavy atom. The average Bonchev–Trinajstić information content (AvgIpc) is 2.17. The lowest BCUT2D eigenvalue weighted by molar-refractivity contribution is -0.187. The predicted octanol–water partition coefficient (Wildman–Crippen LogP) is -0.776. The molecule has 0 fully saturated rings. The van der Waals surface area contributed by atoms with Crippen LogP contribution in [0.25, 0.3) is 0 Å². The van der Waals surface area contributed by atoms with E-state index in [9.17, 15) is 19.8 Å². The van der Waals surface area contributed by atoms with Gasteiger partial charge in [0.1, 0.15) is 0 Å². The smallest absolute Gasteiger partial charge is 0.341 e. The largest absolute Gasteiger partial charge is 0.464 e. The van der Waals surface area contributed by atoms with Gasteiger partial charge in [0, 0.05) is 0 Å². The maximum atomic E-state index is 11.2. The first-order valence-corrected chi connectivity index (χ1v) is 4.62. The van der Waals surface area contributed by atoms with Crippen molar-refractivity contribution in [2.75, 3.05) is 13.2 Å². The predicted molar refractivity (Wildman–Crippen MR) is 49.9 cm³/mol. The molecule has 0 bridgehead atoms. The molecular formula is C9H16O6. The Kier molecular flexibility index (Phi) is 5.24. The van der Waals surface area contributed by atoms with E-state index >= 15 is 0 Å². The summed E-state index contributed by atoms with van der Waals surface area (Å²) in [6.07, 6.45) is -1.95. The second-order valence-corrected chi connectivity index (χ2v) is 3.02. The molecule has 0 spiro atoms. The van der Waals surface area contributed by atoms with Crippen molar-refractivity contribution in [1.29, 1.82) is 0 Å². The van der Waals surface area contributed by atoms with E-state index in [2.05, 4.69) is 9.47 Å². The number of ether oxygens (including phenoxy) is 2. The topological polar surface area (TPSA) is 93.1 Å². The molecule has 0 aromatic heterocycles. The van der Waals surface area contributed by atoms with Crippen molar-refractivity contribution in [2.24, 2.45) is 0 Å². The van der Waals surface area contributed by atoms with Gasteiger partial charge in [-0.3, -0.25) is 0 Å². The summed E-state index contributed by atoms with van der Waals surface area (Å²) in [5, 5.41) is 18.9. The van der Waals surface area contributed by atoms with E-state index in [0.29, 0.717) is 0 Å². The van der Waals surface area contributed by atoms with Crippen LogP contribution in [0.3, 0.4) is 0 Å². The van der Waals surface area contributed by atoms with E-state index in [4.69, 9.17) is 0 Å². The molecule has 0 aromatic rings. The standard InChI is InChI=1S/C9H16O6/c1-4-14-7(11)6(10)9(3,13)8(12)15-5-2/h6,10,13H,4-5H2,1-3H3/t6-,9+/m0/s1. The summed E-state index contributed by atoms with van der Waals surface area (Å²) in [6, 6.07) is 0. The molecule has 15 heavy (non-hydrogen) atoms. The first kappa shape index (κ1) is 13.9. The fourth-order valence-corrected chi connectivity index (χ4v) is 0.840. The Bertz CT molecular complexity index is 235. The zero-order chi connectivity index (χ0) is 12.1. The Hall–Kier alpha value is -1.14. The van der Waals surface area contributed by atoms with Crippen LogP contribution in [-0.4, -0.2) is 47.1 Å². The van der Waals surface area contributed by atoms with Gasteiger partial charge in [0.25, 0.3) is 0 Å². The van der Waals surface area contributed by atoms with Gasteiger partial charge >= 0.3 is 11.9 Å². The number of esters is 2. The van der Waals surface area contributed by atoms with Crippen molar-refractivity contribution in [3.63, 3.8) is 0 Å². The molecule has 0 aliphatic heterocycles. The molecule has 6 nitrogen and oxygen atoms in total. The van der Waals surface area contributed by atoms with Gasteiger partial charge in [-0.15, -0.1) is 0 Å². The molecule has 0 saturated carbocycles. The van der Waals surface area contributed by atoms with Gasteiger partial charge < -0.3 is 19.7 Å². The lowest BCUT2D eigenvalue weighted by Crippen LogP contribution is -2.52. The van der Waals surface area contributed by atoms with E-state index in [1.54, 1.807) is 13.8 Å². The Balaban J connectivity index is 4.56. The quantitative estimate of drug-likeness (QED) is 0.591. The molecule has 0 amide bonds. The van der Waals surface area contributed by atoms with Crippen LogP contribution in [0, 0.1) is 0 Å². The van der Waals surface area contributed by atoms with Crippen LogP contribution in [0.4, 0.5) is 0 Å². The van der Waals surface area contributed by atoms with Gasteiger partial charge in [0.15, 0.2) is 11.7 Å². The molecule has 0 aliphatic carbocycles. The third-order valence-corrected chi connectivity index (χ3v) is 1.73. The van der Waals surface area contributed by atoms with Crippen LogP contribution in [0.5, 0.6) is 0 Å². The summed E-state index contributed by atoms with van der Waals surface area (Å²) >= 11 is 0. The molecule has 88 valence electrons. The molecular weight excluding hydrogens is 204 g/mol. The highest BCUT2D eigenvalue weighted by Gasteiger charge is 2.45. The number of rotatable bonds is 5. The maximum Gasteiger partial charge on any atom is 0.341 e. The summed E-state index contributed by atoms with van der Waals surface area (Å²) in [6.45, 7) is 4.18. The highest BCUT2D eigenvalue weighted by atomic mass is 16.6. The Morgan fingerprint density at radius 2 is 1.73 bits per heavy atom. The lowest BCUT2D eigenvalue weighted by atomic mass is 10.00. The summed E-state index contributed by atoms with van der Waals surface area (Å²) in [7, 11) is 0. The molecule has 0 radical (unpaired) electrons. The van der Waals surface area contributed by atoms with Crippen molar-refractivity contribution in [3.8, 4) is 0 Å². The van der Waals surface area contributed by atoms with Crippen molar-refractivity contribution in [3.05, 3.63) is 0 Å². The minimum Gasteiger partial charge on any atom is -0.464 e. The van der Waals surface area contributed by atoms with Gasteiger partial charge in [-0.05, 0) is 20.8 Å². The highest BCUT2D eigenvalue weighted by Crippen LogP contribution is 2.13. The van der Waals surface area contributed by atoms with Gasteiger partial charge in [-0.2, -0.15) is 0 Å². The molecule has 2 N–H and O–H groups in total. The summed E-state index contributed by atoms with van der Waals surface area (Å²) in [5.74, 6) is -2.12. The van der Waals surface area contributed by atoms with E-state index < -0.39 is 23.6 Å². The van der Waals surface area contributed by atoms with E-state index in [0.717, 1.165) is 6.92 Å². The summed E-state index contributed by atoms with van der Waals surface area (Å²) in [4.78, 5) is 22.2. The normalized spacial score (nSPS) is 16.3. The molecule has 0 aromatic carbocycles. The third kappa shape index (κ3) is 3.49. The second kappa shape index (κ2) is 5.67.